The second kappa shape index (κ2) is 7.04. The minimum Gasteiger partial charge on any atom is -0.308 e. The molecular weight excluding hydrogens is 374 g/mol. The largest absolute Gasteiger partial charge is 0.332 e. The molecule has 3 aromatic rings. The molecule has 138 valence electrons. The van der Waals surface area contributed by atoms with E-state index < -0.39 is 22.7 Å². The number of benzene rings is 1. The Morgan fingerprint density at radius 2 is 1.81 bits per heavy atom. The van der Waals surface area contributed by atoms with Gasteiger partial charge in [0, 0.05) is 25.2 Å². The number of rotatable bonds is 3. The maximum absolute atomic E-state index is 12.5. The molecule has 0 radical (unpaired) electrons. The lowest BCUT2D eigenvalue weighted by Gasteiger charge is -2.09. The second-order valence-corrected chi connectivity index (χ2v) is 6.16. The molecule has 2 heterocycles. The predicted octanol–water partition coefficient (Wildman–Crippen LogP) is 0.343. The van der Waals surface area contributed by atoms with Crippen LogP contribution in [0.2, 0.25) is 5.02 Å². The molecule has 0 aliphatic rings. The van der Waals surface area contributed by atoms with E-state index in [-0.39, 0.29) is 16.6 Å². The molecule has 0 unspecified atom stereocenters. The summed E-state index contributed by atoms with van der Waals surface area (Å²) in [6.07, 6.45) is 1.39. The van der Waals surface area contributed by atoms with Crippen LogP contribution in [0.3, 0.4) is 0 Å². The van der Waals surface area contributed by atoms with Crippen LogP contribution < -0.4 is 22.2 Å². The van der Waals surface area contributed by atoms with Crippen molar-refractivity contribution < 1.29 is 4.79 Å². The lowest BCUT2D eigenvalue weighted by Crippen LogP contribution is -2.39. The van der Waals surface area contributed by atoms with Crippen LogP contribution in [-0.4, -0.2) is 26.2 Å². The number of hydrogen-bond donors (Lipinski definition) is 2. The summed E-state index contributed by atoms with van der Waals surface area (Å²) in [5.41, 5.74) is 0.790. The Bertz CT molecular complexity index is 1250. The van der Waals surface area contributed by atoms with Crippen LogP contribution in [0.5, 0.6) is 0 Å². The first-order chi connectivity index (χ1) is 12.8. The van der Waals surface area contributed by atoms with Crippen LogP contribution in [0.4, 0.5) is 0 Å². The van der Waals surface area contributed by atoms with Gasteiger partial charge in [0.1, 0.15) is 5.65 Å². The molecule has 0 spiro atoms. The van der Waals surface area contributed by atoms with Crippen molar-refractivity contribution in [1.29, 1.82) is 0 Å². The number of carbonyl (C=O) groups excluding carboxylic acids is 1. The van der Waals surface area contributed by atoms with Gasteiger partial charge >= 0.3 is 5.69 Å². The zero-order chi connectivity index (χ0) is 19.7. The number of aryl methyl sites for hydroxylation is 1. The number of carbonyl (C=O) groups is 1. The van der Waals surface area contributed by atoms with Gasteiger partial charge in [0.05, 0.1) is 17.2 Å². The summed E-state index contributed by atoms with van der Waals surface area (Å²) in [4.78, 5) is 51.3. The number of amides is 1. The molecule has 2 aromatic heterocycles. The molecule has 0 atom stereocenters. The number of hydrazone groups is 1. The van der Waals surface area contributed by atoms with Crippen LogP contribution in [0.25, 0.3) is 11.0 Å². The van der Waals surface area contributed by atoms with Crippen molar-refractivity contribution in [3.8, 4) is 0 Å². The average Bonchev–Trinajstić information content (AvgIpc) is 2.65. The first kappa shape index (κ1) is 18.3. The Kier molecular flexibility index (Phi) is 4.78. The third kappa shape index (κ3) is 3.44. The third-order valence-electron chi connectivity index (χ3n) is 3.95. The summed E-state index contributed by atoms with van der Waals surface area (Å²) in [5, 5.41) is 4.30. The Morgan fingerprint density at radius 3 is 2.48 bits per heavy atom. The summed E-state index contributed by atoms with van der Waals surface area (Å²) >= 11 is 5.80. The number of H-pyrrole nitrogens is 1. The van der Waals surface area contributed by atoms with E-state index in [0.717, 1.165) is 15.2 Å². The third-order valence-corrected chi connectivity index (χ3v) is 4.20. The van der Waals surface area contributed by atoms with Gasteiger partial charge in [0.2, 0.25) is 5.56 Å². The zero-order valence-corrected chi connectivity index (χ0v) is 15.1. The number of aromatic nitrogens is 3. The summed E-state index contributed by atoms with van der Waals surface area (Å²) in [5.74, 6) is -0.757. The van der Waals surface area contributed by atoms with Crippen LogP contribution in [-0.2, 0) is 14.1 Å². The van der Waals surface area contributed by atoms with Crippen molar-refractivity contribution in [3.05, 3.63) is 77.7 Å². The lowest BCUT2D eigenvalue weighted by atomic mass is 10.1. The van der Waals surface area contributed by atoms with E-state index in [4.69, 9.17) is 11.6 Å². The van der Waals surface area contributed by atoms with E-state index in [0.29, 0.717) is 10.6 Å². The van der Waals surface area contributed by atoms with Gasteiger partial charge in [-0.2, -0.15) is 5.10 Å². The van der Waals surface area contributed by atoms with Gasteiger partial charge in [-0.3, -0.25) is 23.5 Å². The molecule has 2 N–H and O–H groups in total. The fraction of sp³-hybridized carbons (Fsp3) is 0.118. The predicted molar refractivity (Wildman–Crippen MR) is 102 cm³/mol. The second-order valence-electron chi connectivity index (χ2n) is 5.73. The van der Waals surface area contributed by atoms with E-state index in [2.05, 4.69) is 15.5 Å². The molecule has 0 saturated carbocycles. The Balaban J connectivity index is 2.04. The summed E-state index contributed by atoms with van der Waals surface area (Å²) in [6.45, 7) is 0. The zero-order valence-electron chi connectivity index (χ0n) is 14.3. The van der Waals surface area contributed by atoms with Gasteiger partial charge in [-0.05, 0) is 17.7 Å². The van der Waals surface area contributed by atoms with Crippen molar-refractivity contribution in [3.63, 3.8) is 0 Å². The van der Waals surface area contributed by atoms with Crippen LogP contribution in [0.15, 0.2) is 49.8 Å². The number of fused-ring (bicyclic) bond motifs is 1. The number of nitrogens with one attached hydrogen (secondary N) is 2. The highest BCUT2D eigenvalue weighted by Gasteiger charge is 2.18. The van der Waals surface area contributed by atoms with E-state index in [9.17, 15) is 19.2 Å². The minimum absolute atomic E-state index is 0.0394. The van der Waals surface area contributed by atoms with Gasteiger partial charge in [-0.15, -0.1) is 0 Å². The lowest BCUT2D eigenvalue weighted by molar-refractivity contribution is 0.0956. The van der Waals surface area contributed by atoms with Crippen molar-refractivity contribution in [2.45, 2.75) is 0 Å². The molecule has 0 bridgehead atoms. The highest BCUT2D eigenvalue weighted by molar-refractivity contribution is 6.30. The highest BCUT2D eigenvalue weighted by atomic mass is 35.5. The fourth-order valence-electron chi connectivity index (χ4n) is 2.54. The number of halogens is 1. The summed E-state index contributed by atoms with van der Waals surface area (Å²) < 4.78 is 1.94. The molecule has 0 aliphatic carbocycles. The number of nitrogens with zero attached hydrogens (tertiary/aromatic N) is 3. The maximum Gasteiger partial charge on any atom is 0.332 e. The van der Waals surface area contributed by atoms with E-state index in [1.54, 1.807) is 24.3 Å². The molecule has 0 aliphatic heterocycles. The SMILES string of the molecule is Cn1c(=O)c2c(C(=O)N/N=C\c3ccc(Cl)cc3)cc(=O)[nH]c2n(C)c1=O. The quantitative estimate of drug-likeness (QED) is 0.497. The maximum atomic E-state index is 12.5. The van der Waals surface area contributed by atoms with Crippen molar-refractivity contribution >= 4 is 34.8 Å². The fourth-order valence-corrected chi connectivity index (χ4v) is 2.67. The van der Waals surface area contributed by atoms with Crippen molar-refractivity contribution in [1.82, 2.24) is 19.5 Å². The average molecular weight is 388 g/mol. The van der Waals surface area contributed by atoms with Crippen molar-refractivity contribution in [2.75, 3.05) is 0 Å². The molecular formula is C17H14ClN5O4. The van der Waals surface area contributed by atoms with Gasteiger partial charge in [0.25, 0.3) is 11.5 Å². The molecule has 1 aromatic carbocycles. The molecule has 10 heteroatoms. The Hall–Kier alpha value is -3.46. The molecule has 9 nitrogen and oxygen atoms in total. The number of aromatic amines is 1. The standard InChI is InChI=1S/C17H14ClN5O4/c1-22-14-13(16(26)23(2)17(22)27)11(7-12(24)20-14)15(25)21-19-8-9-3-5-10(18)6-4-9/h3-8H,1-2H3,(H,20,24)(H,21,25)/b19-8-. The number of pyridine rings is 1. The summed E-state index contributed by atoms with van der Waals surface area (Å²) in [6, 6.07) is 7.72. The molecule has 0 saturated heterocycles. The smallest absolute Gasteiger partial charge is 0.308 e. The minimum atomic E-state index is -0.757. The van der Waals surface area contributed by atoms with Crippen LogP contribution in [0, 0.1) is 0 Å². The van der Waals surface area contributed by atoms with Gasteiger partial charge in [-0.1, -0.05) is 23.7 Å². The van der Waals surface area contributed by atoms with E-state index >= 15 is 0 Å². The Morgan fingerprint density at radius 1 is 1.15 bits per heavy atom. The molecule has 0 fully saturated rings. The van der Waals surface area contributed by atoms with E-state index in [1.165, 1.54) is 20.3 Å². The molecule has 27 heavy (non-hydrogen) atoms. The molecule has 1 amide bonds. The normalized spacial score (nSPS) is 11.2. The molecule has 3 rings (SSSR count). The first-order valence-electron chi connectivity index (χ1n) is 7.71. The Labute approximate surface area is 156 Å². The van der Waals surface area contributed by atoms with Gasteiger partial charge in [-0.25, -0.2) is 10.2 Å². The van der Waals surface area contributed by atoms with Gasteiger partial charge < -0.3 is 4.98 Å². The highest BCUT2D eigenvalue weighted by Crippen LogP contribution is 2.09. The monoisotopic (exact) mass is 387 g/mol. The summed E-state index contributed by atoms with van der Waals surface area (Å²) in [7, 11) is 2.68. The first-order valence-corrected chi connectivity index (χ1v) is 8.09. The van der Waals surface area contributed by atoms with Crippen LogP contribution in [0.1, 0.15) is 15.9 Å². The topological polar surface area (TPSA) is 118 Å². The van der Waals surface area contributed by atoms with Crippen LogP contribution >= 0.6 is 11.6 Å². The van der Waals surface area contributed by atoms with Gasteiger partial charge in [0.15, 0.2) is 0 Å². The number of hydrogen-bond acceptors (Lipinski definition) is 5. The van der Waals surface area contributed by atoms with Crippen molar-refractivity contribution in [2.24, 2.45) is 19.2 Å². The van der Waals surface area contributed by atoms with E-state index in [1.807, 2.05) is 0 Å².